The predicted molar refractivity (Wildman–Crippen MR) is 156 cm³/mol. The van der Waals surface area contributed by atoms with Crippen LogP contribution in [-0.4, -0.2) is 22.5 Å². The molecule has 0 bridgehead atoms. The number of hydrogen-bond acceptors (Lipinski definition) is 6. The van der Waals surface area contributed by atoms with Gasteiger partial charge in [-0.25, -0.2) is 0 Å². The predicted octanol–water partition coefficient (Wildman–Crippen LogP) is 5.65. The first-order valence-electron chi connectivity index (χ1n) is 13.5. The van der Waals surface area contributed by atoms with Gasteiger partial charge in [0.05, 0.1) is 23.9 Å². The van der Waals surface area contributed by atoms with E-state index < -0.39 is 45.9 Å². The number of para-hydroxylation sites is 1. The fourth-order valence-electron chi connectivity index (χ4n) is 7.25. The molecule has 0 aromatic heterocycles. The second kappa shape index (κ2) is 9.82. The van der Waals surface area contributed by atoms with Crippen LogP contribution in [0.2, 0.25) is 0 Å². The molecule has 1 heterocycles. The van der Waals surface area contributed by atoms with Crippen molar-refractivity contribution < 1.29 is 9.90 Å². The van der Waals surface area contributed by atoms with Crippen molar-refractivity contribution >= 4 is 17.4 Å². The van der Waals surface area contributed by atoms with Crippen LogP contribution in [-0.2, 0) is 4.79 Å². The highest BCUT2D eigenvalue weighted by Crippen LogP contribution is 2.72. The van der Waals surface area contributed by atoms with E-state index in [0.717, 1.165) is 4.90 Å². The third-order valence-electron chi connectivity index (χ3n) is 8.90. The number of nitriles is 3. The van der Waals surface area contributed by atoms with E-state index in [1.54, 1.807) is 121 Å². The van der Waals surface area contributed by atoms with Gasteiger partial charge in [-0.05, 0) is 28.8 Å². The van der Waals surface area contributed by atoms with Crippen LogP contribution in [0.25, 0.3) is 0 Å². The molecule has 1 aliphatic heterocycles. The molecule has 42 heavy (non-hydrogen) atoms. The molecule has 1 aliphatic carbocycles. The third-order valence-corrected chi connectivity index (χ3v) is 8.90. The number of carbonyl (C=O) groups is 1. The first-order chi connectivity index (χ1) is 20.4. The Balaban J connectivity index is 1.81. The number of amides is 1. The first-order valence-corrected chi connectivity index (χ1v) is 13.5. The van der Waals surface area contributed by atoms with E-state index >= 15 is 0 Å². The molecule has 202 valence electrons. The highest BCUT2D eigenvalue weighted by atomic mass is 16.3. The Bertz CT molecular complexity index is 1780. The molecule has 7 heteroatoms. The topological polar surface area (TPSA) is 136 Å². The summed E-state index contributed by atoms with van der Waals surface area (Å²) in [6, 6.07) is 41.4. The lowest BCUT2D eigenvalue weighted by atomic mass is 9.40. The van der Waals surface area contributed by atoms with E-state index in [2.05, 4.69) is 18.2 Å². The van der Waals surface area contributed by atoms with Gasteiger partial charge in [0.15, 0.2) is 16.4 Å². The summed E-state index contributed by atoms with van der Waals surface area (Å²) in [7, 11) is 0. The molecule has 1 amide bonds. The summed E-state index contributed by atoms with van der Waals surface area (Å²) in [5, 5.41) is 56.0. The summed E-state index contributed by atoms with van der Waals surface area (Å²) in [6.45, 7) is 0. The van der Waals surface area contributed by atoms with Crippen LogP contribution < -0.4 is 4.90 Å². The zero-order valence-electron chi connectivity index (χ0n) is 22.4. The van der Waals surface area contributed by atoms with Crippen LogP contribution in [0.1, 0.15) is 34.4 Å². The largest absolute Gasteiger partial charge is 0.377 e. The molecule has 1 saturated heterocycles. The van der Waals surface area contributed by atoms with Crippen molar-refractivity contribution in [2.45, 2.75) is 23.4 Å². The van der Waals surface area contributed by atoms with Crippen LogP contribution in [0, 0.1) is 50.2 Å². The number of benzene rings is 4. The maximum atomic E-state index is 14.8. The number of carbonyl (C=O) groups excluding carboxylic acids is 1. The number of aliphatic hydroxyl groups is 1. The van der Waals surface area contributed by atoms with Gasteiger partial charge in [-0.3, -0.25) is 15.1 Å². The van der Waals surface area contributed by atoms with Gasteiger partial charge in [-0.2, -0.15) is 15.8 Å². The zero-order chi connectivity index (χ0) is 29.5. The summed E-state index contributed by atoms with van der Waals surface area (Å²) >= 11 is 0. The number of anilines is 1. The summed E-state index contributed by atoms with van der Waals surface area (Å²) in [5.41, 5.74) is -5.07. The number of amidine groups is 1. The quantitative estimate of drug-likeness (QED) is 0.340. The Kier molecular flexibility index (Phi) is 6.23. The molecule has 2 N–H and O–H groups in total. The molecule has 4 aromatic rings. The minimum Gasteiger partial charge on any atom is -0.377 e. The molecule has 1 saturated carbocycles. The molecular formula is C35H25N5O2. The van der Waals surface area contributed by atoms with Gasteiger partial charge in [0, 0.05) is 17.8 Å². The Morgan fingerprint density at radius 3 is 1.52 bits per heavy atom. The number of nitrogens with one attached hydrogen (secondary N) is 1. The molecule has 7 nitrogen and oxygen atoms in total. The highest BCUT2D eigenvalue weighted by Gasteiger charge is 2.82. The molecule has 0 unspecified atom stereocenters. The number of hydrogen-bond donors (Lipinski definition) is 2. The molecule has 2 aliphatic rings. The molecule has 4 aromatic carbocycles. The third kappa shape index (κ3) is 3.28. The fraction of sp³-hybridized carbons (Fsp3) is 0.171. The second-order valence-electron chi connectivity index (χ2n) is 10.7. The normalized spacial score (nSPS) is 27.8. The van der Waals surface area contributed by atoms with Crippen LogP contribution in [0.3, 0.4) is 0 Å². The van der Waals surface area contributed by atoms with Crippen molar-refractivity contribution in [1.29, 1.82) is 21.2 Å². The van der Waals surface area contributed by atoms with Crippen molar-refractivity contribution in [3.05, 3.63) is 138 Å². The molecule has 0 radical (unpaired) electrons. The van der Waals surface area contributed by atoms with E-state index in [-0.39, 0.29) is 0 Å². The standard InChI is InChI=1S/C35H25N5O2/c36-21-33(22-37)28(24-13-5-1-6-14-24)29(25-15-7-2-8-16-25)35(42)32(41)40(27-19-11-4-12-20-27)31(39)34(35,23-38)30(33)26-17-9-3-10-18-26/h1-20,28-30,39,42H/t28-,29-,30+,34+,35+/m0/s1. The number of fused-ring (bicyclic) bond motifs is 1. The summed E-state index contributed by atoms with van der Waals surface area (Å²) in [6.07, 6.45) is 0. The van der Waals surface area contributed by atoms with Gasteiger partial charge in [0.1, 0.15) is 5.84 Å². The van der Waals surface area contributed by atoms with Crippen molar-refractivity contribution in [1.82, 2.24) is 0 Å². The maximum Gasteiger partial charge on any atom is 0.267 e. The van der Waals surface area contributed by atoms with Crippen molar-refractivity contribution in [2.75, 3.05) is 4.90 Å². The number of rotatable bonds is 4. The molecular weight excluding hydrogens is 522 g/mol. The smallest absolute Gasteiger partial charge is 0.267 e. The molecule has 6 rings (SSSR count). The lowest BCUT2D eigenvalue weighted by Gasteiger charge is -2.57. The minimum absolute atomic E-state index is 0.305. The number of nitrogens with zero attached hydrogens (tertiary/aromatic N) is 4. The lowest BCUT2D eigenvalue weighted by Crippen LogP contribution is -2.67. The lowest BCUT2D eigenvalue weighted by molar-refractivity contribution is -0.154. The Labute approximate surface area is 243 Å². The van der Waals surface area contributed by atoms with Gasteiger partial charge in [-0.15, -0.1) is 0 Å². The van der Waals surface area contributed by atoms with E-state index in [4.69, 9.17) is 0 Å². The van der Waals surface area contributed by atoms with Gasteiger partial charge in [-0.1, -0.05) is 109 Å². The van der Waals surface area contributed by atoms with Crippen molar-refractivity contribution in [3.63, 3.8) is 0 Å². The Morgan fingerprint density at radius 2 is 1.07 bits per heavy atom. The van der Waals surface area contributed by atoms with Crippen molar-refractivity contribution in [2.24, 2.45) is 10.8 Å². The van der Waals surface area contributed by atoms with E-state index in [9.17, 15) is 31.1 Å². The van der Waals surface area contributed by atoms with Crippen LogP contribution in [0.15, 0.2) is 121 Å². The van der Waals surface area contributed by atoms with Crippen LogP contribution >= 0.6 is 0 Å². The summed E-state index contributed by atoms with van der Waals surface area (Å²) < 4.78 is 0. The summed E-state index contributed by atoms with van der Waals surface area (Å²) in [4.78, 5) is 15.9. The highest BCUT2D eigenvalue weighted by molar-refractivity contribution is 6.29. The minimum atomic E-state index is -2.53. The summed E-state index contributed by atoms with van der Waals surface area (Å²) in [5.74, 6) is -4.98. The van der Waals surface area contributed by atoms with Crippen molar-refractivity contribution in [3.8, 4) is 18.2 Å². The maximum absolute atomic E-state index is 14.8. The van der Waals surface area contributed by atoms with Gasteiger partial charge >= 0.3 is 0 Å². The Hall–Kier alpha value is -5.55. The average molecular weight is 548 g/mol. The zero-order valence-corrected chi connectivity index (χ0v) is 22.4. The SMILES string of the molecule is N#CC1(C#N)[C@@H](c2ccccc2)[C@]2(C#N)C(=N)N(c3ccccc3)C(=O)[C@]2(O)[C@@H](c2ccccc2)[C@@H]1c1ccccc1. The Morgan fingerprint density at radius 1 is 0.643 bits per heavy atom. The fourth-order valence-corrected chi connectivity index (χ4v) is 7.25. The second-order valence-corrected chi connectivity index (χ2v) is 10.7. The average Bonchev–Trinajstić information content (AvgIpc) is 3.23. The van der Waals surface area contributed by atoms with E-state index in [0.29, 0.717) is 22.4 Å². The van der Waals surface area contributed by atoms with Gasteiger partial charge in [0.25, 0.3) is 5.91 Å². The first kappa shape index (κ1) is 26.7. The van der Waals surface area contributed by atoms with Gasteiger partial charge < -0.3 is 5.11 Å². The molecule has 5 atom stereocenters. The van der Waals surface area contributed by atoms with Gasteiger partial charge in [0.2, 0.25) is 0 Å². The van der Waals surface area contributed by atoms with E-state index in [1.165, 1.54) is 0 Å². The monoisotopic (exact) mass is 547 g/mol. The van der Waals surface area contributed by atoms with E-state index in [1.807, 2.05) is 0 Å². The molecule has 2 fully saturated rings. The molecule has 0 spiro atoms. The van der Waals surface area contributed by atoms with Crippen LogP contribution in [0.5, 0.6) is 0 Å². The van der Waals surface area contributed by atoms with Crippen LogP contribution in [0.4, 0.5) is 5.69 Å².